The van der Waals surface area contributed by atoms with Gasteiger partial charge in [-0.25, -0.2) is 15.0 Å². The number of aromatic nitrogens is 5. The van der Waals surface area contributed by atoms with E-state index in [1.807, 2.05) is 17.0 Å². The van der Waals surface area contributed by atoms with Crippen molar-refractivity contribution in [1.29, 1.82) is 0 Å². The molecule has 4 aromatic heterocycles. The molecular weight excluding hydrogens is 805 g/mol. The molecule has 20 heteroatoms. The number of hydrogen-bond donors (Lipinski definition) is 4. The molecule has 1 saturated heterocycles. The number of nitrogens with one attached hydrogen (secondary N) is 4. The van der Waals surface area contributed by atoms with E-state index in [0.29, 0.717) is 79.6 Å². The fourth-order valence-corrected chi connectivity index (χ4v) is 8.61. The molecule has 5 heterocycles. The number of Topliss-reactive ketones (excluding diaryl/α,β-unsaturated/α-hetero) is 1. The lowest BCUT2D eigenvalue weighted by Gasteiger charge is -2.36. The maximum absolute atomic E-state index is 13.6. The van der Waals surface area contributed by atoms with Crippen LogP contribution in [0.4, 0.5) is 39.0 Å². The number of nitro groups is 1. The first kappa shape index (κ1) is 42.3. The Balaban J connectivity index is 0.896. The van der Waals surface area contributed by atoms with Crippen LogP contribution in [-0.4, -0.2) is 90.6 Å². The second-order valence-electron chi connectivity index (χ2n) is 15.1. The Morgan fingerprint density at radius 3 is 2.36 bits per heavy atom. The number of ketones is 1. The number of hydrogen-bond acceptors (Lipinski definition) is 15. The molecule has 19 nitrogen and oxygen atoms in total. The van der Waals surface area contributed by atoms with Crippen LogP contribution in [0.25, 0.3) is 11.0 Å². The minimum absolute atomic E-state index is 0.0219. The summed E-state index contributed by atoms with van der Waals surface area (Å²) in [5.41, 5.74) is 3.10. The SMILES string of the molecule is CC(=O)Nc1cc(NCCCC(=O)N2CCN(c3ccc(Nc4ncc5c(C)c(C(C)=O)c(=O)n(C6CCCC6)c5n4)nc3)CC2)ccc1C(=O)Nc1nc(C)c([N+](=O)[O-])s1. The number of rotatable bonds is 14. The number of benzene rings is 1. The van der Waals surface area contributed by atoms with Crippen LogP contribution in [0.5, 0.6) is 0 Å². The van der Waals surface area contributed by atoms with E-state index in [4.69, 9.17) is 4.98 Å². The van der Waals surface area contributed by atoms with E-state index in [1.165, 1.54) is 26.8 Å². The average molecular weight is 851 g/mol. The Hall–Kier alpha value is -6.83. The first-order chi connectivity index (χ1) is 29.3. The summed E-state index contributed by atoms with van der Waals surface area (Å²) in [6.45, 7) is 8.84. The Bertz CT molecular complexity index is 2580. The number of anilines is 6. The molecule has 5 aromatic rings. The molecule has 318 valence electrons. The summed E-state index contributed by atoms with van der Waals surface area (Å²) in [5.74, 6) is -0.366. The summed E-state index contributed by atoms with van der Waals surface area (Å²) >= 11 is 0.747. The van der Waals surface area contributed by atoms with E-state index in [-0.39, 0.29) is 61.8 Å². The van der Waals surface area contributed by atoms with Gasteiger partial charge in [-0.3, -0.25) is 44.0 Å². The normalized spacial score (nSPS) is 14.2. The van der Waals surface area contributed by atoms with Crippen molar-refractivity contribution < 1.29 is 24.1 Å². The Labute approximate surface area is 354 Å². The molecule has 1 aliphatic carbocycles. The molecule has 0 atom stereocenters. The largest absolute Gasteiger partial charge is 0.385 e. The van der Waals surface area contributed by atoms with Crippen molar-refractivity contribution in [3.05, 3.63) is 85.6 Å². The average Bonchev–Trinajstić information content (AvgIpc) is 3.89. The predicted molar refractivity (Wildman–Crippen MR) is 232 cm³/mol. The second-order valence-corrected chi connectivity index (χ2v) is 16.1. The number of piperazine rings is 1. The van der Waals surface area contributed by atoms with Crippen LogP contribution in [0.3, 0.4) is 0 Å². The zero-order valence-corrected chi connectivity index (χ0v) is 35.1. The third-order valence-corrected chi connectivity index (χ3v) is 11.9. The minimum atomic E-state index is -0.586. The first-order valence-corrected chi connectivity index (χ1v) is 20.9. The Kier molecular flexibility index (Phi) is 12.6. The minimum Gasteiger partial charge on any atom is -0.385 e. The lowest BCUT2D eigenvalue weighted by atomic mass is 10.0. The van der Waals surface area contributed by atoms with E-state index in [9.17, 15) is 34.1 Å². The monoisotopic (exact) mass is 850 g/mol. The summed E-state index contributed by atoms with van der Waals surface area (Å²) in [4.78, 5) is 96.6. The van der Waals surface area contributed by atoms with E-state index in [2.05, 4.69) is 41.1 Å². The van der Waals surface area contributed by atoms with E-state index >= 15 is 0 Å². The fourth-order valence-electron chi connectivity index (χ4n) is 7.84. The van der Waals surface area contributed by atoms with Crippen molar-refractivity contribution in [2.24, 2.45) is 0 Å². The molecule has 0 bridgehead atoms. The van der Waals surface area contributed by atoms with Crippen LogP contribution >= 0.6 is 11.3 Å². The number of pyridine rings is 2. The van der Waals surface area contributed by atoms with Gasteiger partial charge in [0.1, 0.15) is 17.2 Å². The van der Waals surface area contributed by atoms with Crippen LogP contribution in [0.15, 0.2) is 47.5 Å². The molecule has 0 spiro atoms. The van der Waals surface area contributed by atoms with Gasteiger partial charge in [-0.15, -0.1) is 0 Å². The van der Waals surface area contributed by atoms with Gasteiger partial charge >= 0.3 is 5.00 Å². The van der Waals surface area contributed by atoms with Gasteiger partial charge in [0.25, 0.3) is 11.5 Å². The molecule has 4 N–H and O–H groups in total. The Morgan fingerprint density at radius 1 is 0.951 bits per heavy atom. The third kappa shape index (κ3) is 9.48. The first-order valence-electron chi connectivity index (χ1n) is 20.0. The van der Waals surface area contributed by atoms with Gasteiger partial charge < -0.3 is 25.8 Å². The molecule has 2 fully saturated rings. The van der Waals surface area contributed by atoms with Crippen molar-refractivity contribution in [1.82, 2.24) is 29.4 Å². The quantitative estimate of drug-likeness (QED) is 0.0435. The molecule has 3 amide bonds. The maximum Gasteiger partial charge on any atom is 0.348 e. The van der Waals surface area contributed by atoms with Gasteiger partial charge in [-0.2, -0.15) is 4.98 Å². The van der Waals surface area contributed by atoms with Crippen LogP contribution in [0.1, 0.15) is 90.4 Å². The predicted octanol–water partition coefficient (Wildman–Crippen LogP) is 5.98. The number of fused-ring (bicyclic) bond motifs is 1. The highest BCUT2D eigenvalue weighted by atomic mass is 32.1. The van der Waals surface area contributed by atoms with Gasteiger partial charge in [-0.05, 0) is 87.3 Å². The molecule has 0 unspecified atom stereocenters. The number of nitrogens with zero attached hydrogens (tertiary/aromatic N) is 8. The van der Waals surface area contributed by atoms with Crippen molar-refractivity contribution in [3.63, 3.8) is 0 Å². The van der Waals surface area contributed by atoms with Crippen LogP contribution in [-0.2, 0) is 9.59 Å². The maximum atomic E-state index is 13.6. The van der Waals surface area contributed by atoms with Gasteiger partial charge in [0, 0.05) is 69.4 Å². The summed E-state index contributed by atoms with van der Waals surface area (Å²) in [6, 6.07) is 8.59. The number of thiazole rings is 1. The third-order valence-electron chi connectivity index (χ3n) is 10.9. The van der Waals surface area contributed by atoms with Gasteiger partial charge in [0.05, 0.1) is 33.6 Å². The molecule has 1 aromatic carbocycles. The molecular formula is C41H46N12O7S. The molecule has 1 aliphatic heterocycles. The molecule has 7 rings (SSSR count). The zero-order valence-electron chi connectivity index (χ0n) is 34.2. The van der Waals surface area contributed by atoms with E-state index < -0.39 is 10.8 Å². The number of carbonyl (C=O) groups excluding carboxylic acids is 4. The second kappa shape index (κ2) is 18.2. The molecule has 2 aliphatic rings. The highest BCUT2D eigenvalue weighted by Crippen LogP contribution is 2.33. The van der Waals surface area contributed by atoms with Crippen molar-refractivity contribution in [2.45, 2.75) is 72.3 Å². The van der Waals surface area contributed by atoms with Crippen LogP contribution in [0.2, 0.25) is 0 Å². The van der Waals surface area contributed by atoms with Crippen molar-refractivity contribution >= 4 is 84.8 Å². The molecule has 0 radical (unpaired) electrons. The van der Waals surface area contributed by atoms with Crippen molar-refractivity contribution in [2.75, 3.05) is 58.9 Å². The standard InChI is InChI=1S/C41H46N12O7S/c1-23-31-22-44-40(48-36(31)52(28-8-5-6-9-28)38(58)35(23)25(3)54)47-33-14-12-29(21-43-33)50-16-18-51(19-17-50)34(56)10-7-15-42-27-11-13-30(32(20-27)46-26(4)55)37(57)49-41-45-24(2)39(61-41)53(59)60/h11-14,20-22,28,42H,5-10,15-19H2,1-4H3,(H,46,55)(H,45,49,57)(H,43,44,47,48). The highest BCUT2D eigenvalue weighted by molar-refractivity contribution is 7.19. The zero-order chi connectivity index (χ0) is 43.4. The van der Waals surface area contributed by atoms with Crippen molar-refractivity contribution in [3.8, 4) is 0 Å². The summed E-state index contributed by atoms with van der Waals surface area (Å²) in [5, 5.41) is 23.4. The smallest absolute Gasteiger partial charge is 0.348 e. The van der Waals surface area contributed by atoms with Crippen LogP contribution < -0.4 is 31.7 Å². The highest BCUT2D eigenvalue weighted by Gasteiger charge is 2.27. The van der Waals surface area contributed by atoms with E-state index in [0.717, 1.165) is 42.7 Å². The van der Waals surface area contributed by atoms with Crippen LogP contribution in [0, 0.1) is 24.0 Å². The summed E-state index contributed by atoms with van der Waals surface area (Å²) in [6.07, 6.45) is 8.04. The Morgan fingerprint density at radius 2 is 1.70 bits per heavy atom. The lowest BCUT2D eigenvalue weighted by molar-refractivity contribution is -0.380. The number of amides is 3. The number of carbonyl (C=O) groups is 4. The topological polar surface area (TPSA) is 240 Å². The summed E-state index contributed by atoms with van der Waals surface area (Å²) < 4.78 is 1.68. The summed E-state index contributed by atoms with van der Waals surface area (Å²) in [7, 11) is 0. The van der Waals surface area contributed by atoms with E-state index in [1.54, 1.807) is 36.0 Å². The van der Waals surface area contributed by atoms with Gasteiger partial charge in [-0.1, -0.05) is 12.8 Å². The fraction of sp³-hybridized carbons (Fsp3) is 0.390. The molecule has 61 heavy (non-hydrogen) atoms. The van der Waals surface area contributed by atoms with Gasteiger partial charge in [0.2, 0.25) is 17.8 Å². The number of aryl methyl sites for hydroxylation is 2. The van der Waals surface area contributed by atoms with Gasteiger partial charge in [0.15, 0.2) is 10.9 Å². The molecule has 1 saturated carbocycles. The lowest BCUT2D eigenvalue weighted by Crippen LogP contribution is -2.48.